The van der Waals surface area contributed by atoms with Crippen molar-refractivity contribution in [3.63, 3.8) is 0 Å². The van der Waals surface area contributed by atoms with Gasteiger partial charge in [0, 0.05) is 11.1 Å². The molecule has 0 saturated carbocycles. The van der Waals surface area contributed by atoms with Crippen LogP contribution in [0.1, 0.15) is 35.9 Å². The van der Waals surface area contributed by atoms with Crippen molar-refractivity contribution >= 4 is 22.6 Å². The molecule has 3 aromatic rings. The Bertz CT molecular complexity index is 849. The summed E-state index contributed by atoms with van der Waals surface area (Å²) >= 11 is 0. The van der Waals surface area contributed by atoms with Gasteiger partial charge in [0.1, 0.15) is 0 Å². The maximum Gasteiger partial charge on any atom is 0.291 e. The Balaban J connectivity index is 1.93. The monoisotopic (exact) mass is 309 g/mol. The lowest BCUT2D eigenvalue weighted by molar-refractivity contribution is 0.0998. The Kier molecular flexibility index (Phi) is 4.06. The number of hydrogen-bond donors (Lipinski definition) is 1. The van der Waals surface area contributed by atoms with Gasteiger partial charge in [-0.3, -0.25) is 4.79 Å². The fourth-order valence-corrected chi connectivity index (χ4v) is 2.61. The average Bonchev–Trinajstić information content (AvgIpc) is 2.99. The Morgan fingerprint density at radius 2 is 1.91 bits per heavy atom. The number of hydrogen-bond acceptors (Lipinski definition) is 3. The Hall–Kier alpha value is -2.75. The van der Waals surface area contributed by atoms with Crippen molar-refractivity contribution in [1.29, 1.82) is 0 Å². The highest BCUT2D eigenvalue weighted by molar-refractivity contribution is 6.05. The predicted molar refractivity (Wildman–Crippen MR) is 91.3 cm³/mol. The minimum Gasteiger partial charge on any atom is -0.493 e. The molecule has 0 aliphatic rings. The van der Waals surface area contributed by atoms with Gasteiger partial charge in [-0.25, -0.2) is 0 Å². The quantitative estimate of drug-likeness (QED) is 0.752. The molecule has 1 heterocycles. The third kappa shape index (κ3) is 2.93. The number of methoxy groups -OCH3 is 1. The van der Waals surface area contributed by atoms with Crippen molar-refractivity contribution in [2.75, 3.05) is 12.4 Å². The molecule has 4 nitrogen and oxygen atoms in total. The zero-order valence-electron chi connectivity index (χ0n) is 13.4. The average molecular weight is 309 g/mol. The van der Waals surface area contributed by atoms with E-state index in [1.165, 1.54) is 0 Å². The minimum atomic E-state index is -0.267. The highest BCUT2D eigenvalue weighted by atomic mass is 16.5. The molecule has 1 N–H and O–H groups in total. The Morgan fingerprint density at radius 1 is 1.13 bits per heavy atom. The lowest BCUT2D eigenvalue weighted by Crippen LogP contribution is -2.12. The number of ether oxygens (including phenoxy) is 1. The molecule has 118 valence electrons. The van der Waals surface area contributed by atoms with Gasteiger partial charge >= 0.3 is 0 Å². The number of amides is 1. The molecule has 4 heteroatoms. The van der Waals surface area contributed by atoms with E-state index < -0.39 is 0 Å². The van der Waals surface area contributed by atoms with Crippen LogP contribution >= 0.6 is 0 Å². The van der Waals surface area contributed by atoms with Crippen molar-refractivity contribution in [3.8, 4) is 5.75 Å². The summed E-state index contributed by atoms with van der Waals surface area (Å²) < 4.78 is 11.0. The molecule has 0 radical (unpaired) electrons. The van der Waals surface area contributed by atoms with E-state index in [0.717, 1.165) is 16.6 Å². The first-order chi connectivity index (χ1) is 11.1. The molecule has 0 aliphatic carbocycles. The molecule has 0 unspecified atom stereocenters. The van der Waals surface area contributed by atoms with Gasteiger partial charge in [0.2, 0.25) is 0 Å². The molecule has 23 heavy (non-hydrogen) atoms. The van der Waals surface area contributed by atoms with Crippen molar-refractivity contribution in [2.45, 2.75) is 19.8 Å². The van der Waals surface area contributed by atoms with Gasteiger partial charge in [-0.2, -0.15) is 0 Å². The van der Waals surface area contributed by atoms with Crippen LogP contribution < -0.4 is 10.1 Å². The molecule has 0 spiro atoms. The molecule has 2 aromatic carbocycles. The minimum absolute atomic E-state index is 0.267. The number of fused-ring (bicyclic) bond motifs is 1. The zero-order chi connectivity index (χ0) is 16.4. The van der Waals surface area contributed by atoms with Crippen LogP contribution in [0.2, 0.25) is 0 Å². The number of para-hydroxylation sites is 2. The van der Waals surface area contributed by atoms with Crippen molar-refractivity contribution in [3.05, 3.63) is 59.9 Å². The summed E-state index contributed by atoms with van der Waals surface area (Å²) in [6.07, 6.45) is 0. The number of carbonyl (C=O) groups excluding carboxylic acids is 1. The second-order valence-electron chi connectivity index (χ2n) is 5.69. The molecular weight excluding hydrogens is 290 g/mol. The number of anilines is 1. The van der Waals surface area contributed by atoms with E-state index in [4.69, 9.17) is 9.15 Å². The SMILES string of the molecule is COc1cccc2cc(C(=O)Nc3ccccc3C(C)C)oc12. The van der Waals surface area contributed by atoms with Crippen molar-refractivity contribution in [1.82, 2.24) is 0 Å². The van der Waals surface area contributed by atoms with Gasteiger partial charge in [-0.05, 0) is 29.7 Å². The first kappa shape index (κ1) is 15.2. The van der Waals surface area contributed by atoms with Crippen LogP contribution in [0.3, 0.4) is 0 Å². The van der Waals surface area contributed by atoms with Gasteiger partial charge in [0.25, 0.3) is 5.91 Å². The highest BCUT2D eigenvalue weighted by Gasteiger charge is 2.16. The molecule has 0 saturated heterocycles. The second-order valence-corrected chi connectivity index (χ2v) is 5.69. The third-order valence-corrected chi connectivity index (χ3v) is 3.78. The number of rotatable bonds is 4. The van der Waals surface area contributed by atoms with Crippen LogP contribution in [0.5, 0.6) is 5.75 Å². The normalized spacial score (nSPS) is 11.0. The van der Waals surface area contributed by atoms with E-state index in [1.807, 2.05) is 42.5 Å². The number of furan rings is 1. The van der Waals surface area contributed by atoms with E-state index in [0.29, 0.717) is 17.3 Å². The van der Waals surface area contributed by atoms with Gasteiger partial charge in [-0.1, -0.05) is 44.2 Å². The van der Waals surface area contributed by atoms with E-state index in [1.54, 1.807) is 13.2 Å². The topological polar surface area (TPSA) is 51.5 Å². The van der Waals surface area contributed by atoms with E-state index >= 15 is 0 Å². The summed E-state index contributed by atoms with van der Waals surface area (Å²) in [5.41, 5.74) is 2.48. The predicted octanol–water partition coefficient (Wildman–Crippen LogP) is 4.82. The van der Waals surface area contributed by atoms with Crippen LogP contribution in [-0.4, -0.2) is 13.0 Å². The molecule has 0 atom stereocenters. The summed E-state index contributed by atoms with van der Waals surface area (Å²) in [4.78, 5) is 12.5. The molecule has 3 rings (SSSR count). The maximum atomic E-state index is 12.5. The second kappa shape index (κ2) is 6.16. The lowest BCUT2D eigenvalue weighted by atomic mass is 10.0. The lowest BCUT2D eigenvalue weighted by Gasteiger charge is -2.12. The van der Waals surface area contributed by atoms with Crippen molar-refractivity contribution < 1.29 is 13.9 Å². The van der Waals surface area contributed by atoms with Gasteiger partial charge < -0.3 is 14.5 Å². The number of carbonyl (C=O) groups is 1. The van der Waals surface area contributed by atoms with Gasteiger partial charge in [-0.15, -0.1) is 0 Å². The molecule has 1 amide bonds. The summed E-state index contributed by atoms with van der Waals surface area (Å²) in [6.45, 7) is 4.19. The third-order valence-electron chi connectivity index (χ3n) is 3.78. The largest absolute Gasteiger partial charge is 0.493 e. The van der Waals surface area contributed by atoms with Gasteiger partial charge in [0.15, 0.2) is 17.1 Å². The number of nitrogens with one attached hydrogen (secondary N) is 1. The Morgan fingerprint density at radius 3 is 2.65 bits per heavy atom. The molecule has 0 aliphatic heterocycles. The summed E-state index contributed by atoms with van der Waals surface area (Å²) in [6, 6.07) is 15.1. The van der Waals surface area contributed by atoms with Crippen LogP contribution in [0, 0.1) is 0 Å². The highest BCUT2D eigenvalue weighted by Crippen LogP contribution is 2.29. The van der Waals surface area contributed by atoms with Crippen LogP contribution in [0.25, 0.3) is 11.0 Å². The molecule has 1 aromatic heterocycles. The summed E-state index contributed by atoms with van der Waals surface area (Å²) in [7, 11) is 1.58. The standard InChI is InChI=1S/C19H19NO3/c1-12(2)14-8-4-5-9-15(14)20-19(21)17-11-13-7-6-10-16(22-3)18(13)23-17/h4-12H,1-3H3,(H,20,21). The first-order valence-electron chi connectivity index (χ1n) is 7.57. The maximum absolute atomic E-state index is 12.5. The number of benzene rings is 2. The fraction of sp³-hybridized carbons (Fsp3) is 0.211. The van der Waals surface area contributed by atoms with E-state index in [2.05, 4.69) is 19.2 Å². The molecular formula is C19H19NO3. The van der Waals surface area contributed by atoms with Crippen LogP contribution in [0.4, 0.5) is 5.69 Å². The van der Waals surface area contributed by atoms with E-state index in [-0.39, 0.29) is 11.7 Å². The van der Waals surface area contributed by atoms with E-state index in [9.17, 15) is 4.79 Å². The van der Waals surface area contributed by atoms with Gasteiger partial charge in [0.05, 0.1) is 7.11 Å². The zero-order valence-corrected chi connectivity index (χ0v) is 13.4. The molecule has 0 bridgehead atoms. The first-order valence-corrected chi connectivity index (χ1v) is 7.57. The fourth-order valence-electron chi connectivity index (χ4n) is 2.61. The molecule has 0 fully saturated rings. The van der Waals surface area contributed by atoms with Crippen LogP contribution in [0.15, 0.2) is 52.9 Å². The van der Waals surface area contributed by atoms with Crippen LogP contribution in [-0.2, 0) is 0 Å². The van der Waals surface area contributed by atoms with Crippen molar-refractivity contribution in [2.24, 2.45) is 0 Å². The smallest absolute Gasteiger partial charge is 0.291 e. The summed E-state index contributed by atoms with van der Waals surface area (Å²) in [5, 5.41) is 3.77. The Labute approximate surface area is 135 Å². The summed E-state index contributed by atoms with van der Waals surface area (Å²) in [5.74, 6) is 0.936.